The van der Waals surface area contributed by atoms with Crippen LogP contribution >= 0.6 is 0 Å². The number of carbonyl (C=O) groups excluding carboxylic acids is 1. The number of nitrogens with one attached hydrogen (secondary N) is 1. The van der Waals surface area contributed by atoms with E-state index in [1.54, 1.807) is 12.1 Å². The molecular formula is C22H26N4O3. The second-order valence-electron chi connectivity index (χ2n) is 7.23. The molecule has 1 aliphatic rings. The van der Waals surface area contributed by atoms with E-state index in [9.17, 15) is 4.79 Å². The van der Waals surface area contributed by atoms with Gasteiger partial charge in [0.2, 0.25) is 0 Å². The smallest absolute Gasteiger partial charge is 0.251 e. The molecule has 1 fully saturated rings. The Kier molecular flexibility index (Phi) is 6.07. The highest BCUT2D eigenvalue weighted by Crippen LogP contribution is 2.15. The number of rotatable bonds is 7. The molecule has 0 unspecified atom stereocenters. The van der Waals surface area contributed by atoms with Gasteiger partial charge in [0.25, 0.3) is 5.91 Å². The zero-order valence-electron chi connectivity index (χ0n) is 16.6. The Labute approximate surface area is 170 Å². The lowest BCUT2D eigenvalue weighted by atomic mass is 10.2. The van der Waals surface area contributed by atoms with Crippen molar-refractivity contribution in [1.82, 2.24) is 19.6 Å². The number of imidazole rings is 1. The minimum absolute atomic E-state index is 0.0690. The number of pyridine rings is 1. The third kappa shape index (κ3) is 5.13. The minimum atomic E-state index is -0.0690. The molecule has 7 heteroatoms. The van der Waals surface area contributed by atoms with Gasteiger partial charge in [-0.3, -0.25) is 9.69 Å². The summed E-state index contributed by atoms with van der Waals surface area (Å²) in [5.41, 5.74) is 3.57. The van der Waals surface area contributed by atoms with Gasteiger partial charge in [-0.15, -0.1) is 0 Å². The van der Waals surface area contributed by atoms with Crippen LogP contribution in [-0.4, -0.2) is 59.6 Å². The van der Waals surface area contributed by atoms with Gasteiger partial charge in [-0.2, -0.15) is 0 Å². The molecule has 0 spiro atoms. The van der Waals surface area contributed by atoms with Gasteiger partial charge in [-0.25, -0.2) is 4.98 Å². The fraction of sp³-hybridized carbons (Fsp3) is 0.364. The summed E-state index contributed by atoms with van der Waals surface area (Å²) in [5.74, 6) is 0.642. The highest BCUT2D eigenvalue weighted by Gasteiger charge is 2.11. The molecule has 0 saturated carbocycles. The van der Waals surface area contributed by atoms with Crippen LogP contribution in [0.3, 0.4) is 0 Å². The van der Waals surface area contributed by atoms with Crippen molar-refractivity contribution >= 4 is 11.6 Å². The Morgan fingerprint density at radius 1 is 1.14 bits per heavy atom. The molecule has 7 nitrogen and oxygen atoms in total. The topological polar surface area (TPSA) is 68.1 Å². The summed E-state index contributed by atoms with van der Waals surface area (Å²) < 4.78 is 13.1. The second kappa shape index (κ2) is 9.07. The number of amides is 1. The van der Waals surface area contributed by atoms with E-state index >= 15 is 0 Å². The largest absolute Gasteiger partial charge is 0.487 e. The van der Waals surface area contributed by atoms with E-state index in [2.05, 4.69) is 22.1 Å². The minimum Gasteiger partial charge on any atom is -0.487 e. The van der Waals surface area contributed by atoms with Crippen molar-refractivity contribution in [3.05, 3.63) is 65.6 Å². The molecule has 1 N–H and O–H groups in total. The second-order valence-corrected chi connectivity index (χ2v) is 7.23. The van der Waals surface area contributed by atoms with Crippen LogP contribution in [0, 0.1) is 6.92 Å². The Bertz CT molecular complexity index is 962. The number of nitrogens with zero attached hydrogens (tertiary/aromatic N) is 3. The van der Waals surface area contributed by atoms with E-state index in [4.69, 9.17) is 9.47 Å². The first-order valence-corrected chi connectivity index (χ1v) is 9.93. The van der Waals surface area contributed by atoms with Crippen LogP contribution < -0.4 is 10.1 Å². The number of aromatic nitrogens is 2. The fourth-order valence-electron chi connectivity index (χ4n) is 3.34. The SMILES string of the molecule is Cc1ccc2nc(COc3ccc(C(=O)NCCN4CCOCC4)cc3)cn2c1. The van der Waals surface area contributed by atoms with Gasteiger partial charge < -0.3 is 19.2 Å². The highest BCUT2D eigenvalue weighted by molar-refractivity contribution is 5.94. The van der Waals surface area contributed by atoms with Crippen LogP contribution in [0.2, 0.25) is 0 Å². The molecule has 152 valence electrons. The monoisotopic (exact) mass is 394 g/mol. The molecule has 4 rings (SSSR count). The fourth-order valence-corrected chi connectivity index (χ4v) is 3.34. The van der Waals surface area contributed by atoms with E-state index in [0.29, 0.717) is 24.5 Å². The molecule has 0 bridgehead atoms. The van der Waals surface area contributed by atoms with Crippen LogP contribution in [-0.2, 0) is 11.3 Å². The third-order valence-corrected chi connectivity index (χ3v) is 4.97. The average molecular weight is 394 g/mol. The molecule has 1 amide bonds. The first-order chi connectivity index (χ1) is 14.2. The first-order valence-electron chi connectivity index (χ1n) is 9.93. The van der Waals surface area contributed by atoms with Crippen LogP contribution in [0.4, 0.5) is 0 Å². The van der Waals surface area contributed by atoms with Gasteiger partial charge >= 0.3 is 0 Å². The van der Waals surface area contributed by atoms with Gasteiger partial charge in [0.05, 0.1) is 18.9 Å². The van der Waals surface area contributed by atoms with Crippen LogP contribution in [0.5, 0.6) is 5.75 Å². The molecule has 29 heavy (non-hydrogen) atoms. The molecule has 1 saturated heterocycles. The van der Waals surface area contributed by atoms with Gasteiger partial charge in [-0.05, 0) is 42.8 Å². The zero-order chi connectivity index (χ0) is 20.1. The number of morpholine rings is 1. The number of carbonyl (C=O) groups is 1. The summed E-state index contributed by atoms with van der Waals surface area (Å²) >= 11 is 0. The molecule has 0 aliphatic carbocycles. The number of ether oxygens (including phenoxy) is 2. The van der Waals surface area contributed by atoms with E-state index in [1.807, 2.05) is 41.1 Å². The van der Waals surface area contributed by atoms with Crippen molar-refractivity contribution in [2.24, 2.45) is 0 Å². The Morgan fingerprint density at radius 2 is 1.93 bits per heavy atom. The number of benzene rings is 1. The van der Waals surface area contributed by atoms with Gasteiger partial charge in [-0.1, -0.05) is 6.07 Å². The zero-order valence-corrected chi connectivity index (χ0v) is 16.6. The Balaban J connectivity index is 1.26. The summed E-state index contributed by atoms with van der Waals surface area (Å²) in [5, 5.41) is 2.97. The molecule has 3 aromatic rings. The lowest BCUT2D eigenvalue weighted by Crippen LogP contribution is -2.41. The molecule has 1 aromatic carbocycles. The van der Waals surface area contributed by atoms with Crippen LogP contribution in [0.15, 0.2) is 48.8 Å². The maximum Gasteiger partial charge on any atom is 0.251 e. The summed E-state index contributed by atoms with van der Waals surface area (Å²) in [7, 11) is 0. The summed E-state index contributed by atoms with van der Waals surface area (Å²) in [6.07, 6.45) is 4.01. The van der Waals surface area contributed by atoms with Crippen molar-refractivity contribution in [3.8, 4) is 5.75 Å². The Hall–Kier alpha value is -2.90. The van der Waals surface area contributed by atoms with Crippen molar-refractivity contribution in [2.75, 3.05) is 39.4 Å². The maximum absolute atomic E-state index is 12.3. The quantitative estimate of drug-likeness (QED) is 0.666. The van der Waals surface area contributed by atoms with E-state index < -0.39 is 0 Å². The van der Waals surface area contributed by atoms with E-state index in [0.717, 1.165) is 44.2 Å². The summed E-state index contributed by atoms with van der Waals surface area (Å²) in [6, 6.07) is 11.2. The maximum atomic E-state index is 12.3. The van der Waals surface area contributed by atoms with Gasteiger partial charge in [0.1, 0.15) is 18.0 Å². The van der Waals surface area contributed by atoms with Crippen molar-refractivity contribution in [3.63, 3.8) is 0 Å². The standard InChI is InChI=1S/C22H26N4O3/c1-17-2-7-21-24-19(15-26(21)14-17)16-29-20-5-3-18(4-6-20)22(27)23-8-9-25-10-12-28-13-11-25/h2-7,14-15H,8-13,16H2,1H3,(H,23,27). The molecule has 1 aliphatic heterocycles. The normalized spacial score (nSPS) is 14.8. The van der Waals surface area contributed by atoms with Gasteiger partial charge in [0.15, 0.2) is 0 Å². The number of hydrogen-bond acceptors (Lipinski definition) is 5. The summed E-state index contributed by atoms with van der Waals surface area (Å²) in [6.45, 7) is 7.29. The highest BCUT2D eigenvalue weighted by atomic mass is 16.5. The summed E-state index contributed by atoms with van der Waals surface area (Å²) in [4.78, 5) is 19.1. The Morgan fingerprint density at radius 3 is 2.72 bits per heavy atom. The molecule has 2 aromatic heterocycles. The number of aryl methyl sites for hydroxylation is 1. The third-order valence-electron chi connectivity index (χ3n) is 4.97. The lowest BCUT2D eigenvalue weighted by Gasteiger charge is -2.26. The molecule has 0 radical (unpaired) electrons. The van der Waals surface area contributed by atoms with Crippen molar-refractivity contribution < 1.29 is 14.3 Å². The van der Waals surface area contributed by atoms with Crippen molar-refractivity contribution in [2.45, 2.75) is 13.5 Å². The lowest BCUT2D eigenvalue weighted by molar-refractivity contribution is 0.0383. The molecular weight excluding hydrogens is 368 g/mol. The molecule has 0 atom stereocenters. The van der Waals surface area contributed by atoms with Crippen LogP contribution in [0.25, 0.3) is 5.65 Å². The predicted octanol–water partition coefficient (Wildman–Crippen LogP) is 2.28. The van der Waals surface area contributed by atoms with E-state index in [-0.39, 0.29) is 5.91 Å². The van der Waals surface area contributed by atoms with Crippen LogP contribution in [0.1, 0.15) is 21.6 Å². The predicted molar refractivity (Wildman–Crippen MR) is 110 cm³/mol. The number of fused-ring (bicyclic) bond motifs is 1. The van der Waals surface area contributed by atoms with Crippen molar-refractivity contribution in [1.29, 1.82) is 0 Å². The van der Waals surface area contributed by atoms with E-state index in [1.165, 1.54) is 5.56 Å². The number of hydrogen-bond donors (Lipinski definition) is 1. The first kappa shape index (κ1) is 19.4. The average Bonchev–Trinajstić information content (AvgIpc) is 3.15. The molecule has 3 heterocycles. The van der Waals surface area contributed by atoms with Gasteiger partial charge in [0, 0.05) is 44.1 Å².